The van der Waals surface area contributed by atoms with Gasteiger partial charge in [-0.05, 0) is 47.5 Å². The van der Waals surface area contributed by atoms with Crippen LogP contribution >= 0.6 is 27.5 Å². The van der Waals surface area contributed by atoms with Crippen LogP contribution in [-0.4, -0.2) is 7.11 Å². The summed E-state index contributed by atoms with van der Waals surface area (Å²) in [4.78, 5) is 0. The molecule has 0 radical (unpaired) electrons. The van der Waals surface area contributed by atoms with Gasteiger partial charge in [0.1, 0.15) is 12.4 Å². The van der Waals surface area contributed by atoms with E-state index >= 15 is 0 Å². The van der Waals surface area contributed by atoms with E-state index in [1.54, 1.807) is 49.6 Å². The van der Waals surface area contributed by atoms with Gasteiger partial charge < -0.3 is 9.47 Å². The molecule has 3 rings (SSSR count). The van der Waals surface area contributed by atoms with Gasteiger partial charge in [0.15, 0.2) is 11.5 Å². The second kappa shape index (κ2) is 9.60. The summed E-state index contributed by atoms with van der Waals surface area (Å²) >= 11 is 9.75. The molecule has 3 aromatic rings. The molecule has 0 aliphatic heterocycles. The maximum atomic E-state index is 13.0. The van der Waals surface area contributed by atoms with E-state index < -0.39 is 0 Å². The summed E-state index contributed by atoms with van der Waals surface area (Å²) in [6.07, 6.45) is 1.73. The van der Waals surface area contributed by atoms with Crippen molar-refractivity contribution >= 4 is 39.2 Å². The molecule has 0 atom stereocenters. The topological polar surface area (TPSA) is 42.2 Å². The molecule has 0 fully saturated rings. The minimum atomic E-state index is -0.294. The molecule has 146 valence electrons. The molecule has 0 saturated heterocycles. The minimum absolute atomic E-state index is 0.265. The fourth-order valence-electron chi connectivity index (χ4n) is 2.68. The molecule has 0 unspecified atom stereocenters. The second-order valence-electron chi connectivity index (χ2n) is 6.09. The van der Waals surface area contributed by atoms with E-state index in [1.165, 1.54) is 12.1 Å². The molecular weight excluding hydrogens is 457 g/mol. The van der Waals surface area contributed by atoms with Gasteiger partial charge in [-0.1, -0.05) is 57.9 Å². The third-order valence-electron chi connectivity index (χ3n) is 4.17. The molecule has 3 aromatic carbocycles. The molecular formula is C23H16BrClFNO2. The van der Waals surface area contributed by atoms with E-state index in [0.29, 0.717) is 27.7 Å². The number of nitrogens with zero attached hydrogens (tertiary/aromatic N) is 1. The van der Waals surface area contributed by atoms with E-state index in [0.717, 1.165) is 15.6 Å². The summed E-state index contributed by atoms with van der Waals surface area (Å²) in [6.45, 7) is 0.265. The fraction of sp³-hybridized carbons (Fsp3) is 0.0870. The fourth-order valence-corrected chi connectivity index (χ4v) is 3.36. The molecule has 0 aliphatic carbocycles. The zero-order chi connectivity index (χ0) is 20.8. The van der Waals surface area contributed by atoms with Crippen molar-refractivity contribution in [3.8, 4) is 17.6 Å². The van der Waals surface area contributed by atoms with Crippen molar-refractivity contribution < 1.29 is 13.9 Å². The lowest BCUT2D eigenvalue weighted by molar-refractivity contribution is 0.284. The van der Waals surface area contributed by atoms with Gasteiger partial charge in [-0.3, -0.25) is 0 Å². The highest BCUT2D eigenvalue weighted by molar-refractivity contribution is 9.10. The molecule has 0 aliphatic rings. The van der Waals surface area contributed by atoms with Gasteiger partial charge in [-0.2, -0.15) is 5.26 Å². The summed E-state index contributed by atoms with van der Waals surface area (Å²) in [7, 11) is 1.54. The van der Waals surface area contributed by atoms with Gasteiger partial charge in [0.05, 0.1) is 18.8 Å². The molecule has 0 aromatic heterocycles. The average Bonchev–Trinajstić information content (AvgIpc) is 2.73. The van der Waals surface area contributed by atoms with Crippen LogP contribution in [0.25, 0.3) is 11.6 Å². The van der Waals surface area contributed by atoms with E-state index in [2.05, 4.69) is 22.0 Å². The SMILES string of the molecule is COc1cc(C=C(C#N)c2ccccc2Cl)c(Br)cc1OCc1ccc(F)cc1. The van der Waals surface area contributed by atoms with E-state index in [-0.39, 0.29) is 12.4 Å². The maximum Gasteiger partial charge on any atom is 0.162 e. The standard InChI is InChI=1S/C23H16BrClFNO2/c1-28-22-11-16(10-17(13-27)19-4-2-3-5-21(19)25)20(24)12-23(22)29-14-15-6-8-18(26)9-7-15/h2-12H,14H2,1H3. The Labute approximate surface area is 182 Å². The summed E-state index contributed by atoms with van der Waals surface area (Å²) in [5, 5.41) is 10.1. The number of allylic oxidation sites excluding steroid dienone is 1. The number of hydrogen-bond acceptors (Lipinski definition) is 3. The van der Waals surface area contributed by atoms with Crippen molar-refractivity contribution in [1.29, 1.82) is 5.26 Å². The van der Waals surface area contributed by atoms with E-state index in [9.17, 15) is 9.65 Å². The van der Waals surface area contributed by atoms with Crippen LogP contribution in [0, 0.1) is 17.1 Å². The maximum absolute atomic E-state index is 13.0. The molecule has 6 heteroatoms. The van der Waals surface area contributed by atoms with Crippen molar-refractivity contribution in [2.75, 3.05) is 7.11 Å². The Hall–Kier alpha value is -2.81. The predicted molar refractivity (Wildman–Crippen MR) is 116 cm³/mol. The summed E-state index contributed by atoms with van der Waals surface area (Å²) < 4.78 is 25.1. The van der Waals surface area contributed by atoms with Crippen LogP contribution in [0.2, 0.25) is 5.02 Å². The van der Waals surface area contributed by atoms with Crippen LogP contribution < -0.4 is 9.47 Å². The predicted octanol–water partition coefficient (Wildman–Crippen LogP) is 6.89. The Morgan fingerprint density at radius 3 is 2.52 bits per heavy atom. The Morgan fingerprint density at radius 1 is 1.14 bits per heavy atom. The highest BCUT2D eigenvalue weighted by atomic mass is 79.9. The highest BCUT2D eigenvalue weighted by Crippen LogP contribution is 2.36. The third-order valence-corrected chi connectivity index (χ3v) is 5.19. The number of hydrogen-bond donors (Lipinski definition) is 0. The Bertz CT molecular complexity index is 1090. The molecule has 3 nitrogen and oxygen atoms in total. The molecule has 0 saturated carbocycles. The van der Waals surface area contributed by atoms with E-state index in [1.807, 2.05) is 12.1 Å². The lowest BCUT2D eigenvalue weighted by atomic mass is 10.0. The van der Waals surface area contributed by atoms with Gasteiger partial charge in [-0.15, -0.1) is 0 Å². The van der Waals surface area contributed by atoms with Crippen LogP contribution in [0.15, 0.2) is 65.1 Å². The number of rotatable bonds is 6. The number of nitriles is 1. The molecule has 29 heavy (non-hydrogen) atoms. The van der Waals surface area contributed by atoms with Crippen molar-refractivity contribution in [3.05, 3.63) is 92.7 Å². The molecule has 0 bridgehead atoms. The first-order valence-corrected chi connectivity index (χ1v) is 9.80. The Kier molecular flexibility index (Phi) is 6.92. The van der Waals surface area contributed by atoms with Crippen LogP contribution in [0.3, 0.4) is 0 Å². The lowest BCUT2D eigenvalue weighted by Gasteiger charge is -2.13. The highest BCUT2D eigenvalue weighted by Gasteiger charge is 2.12. The molecule has 0 spiro atoms. The number of methoxy groups -OCH3 is 1. The van der Waals surface area contributed by atoms with Crippen molar-refractivity contribution in [1.82, 2.24) is 0 Å². The number of halogens is 3. The largest absolute Gasteiger partial charge is 0.493 e. The first-order chi connectivity index (χ1) is 14.0. The second-order valence-corrected chi connectivity index (χ2v) is 7.35. The number of benzene rings is 3. The van der Waals surface area contributed by atoms with Gasteiger partial charge in [-0.25, -0.2) is 4.39 Å². The van der Waals surface area contributed by atoms with Gasteiger partial charge in [0.25, 0.3) is 0 Å². The first-order valence-electron chi connectivity index (χ1n) is 8.63. The van der Waals surface area contributed by atoms with Crippen LogP contribution in [0.1, 0.15) is 16.7 Å². The van der Waals surface area contributed by atoms with Gasteiger partial charge in [0, 0.05) is 15.1 Å². The van der Waals surface area contributed by atoms with Crippen LogP contribution in [0.5, 0.6) is 11.5 Å². The summed E-state index contributed by atoms with van der Waals surface area (Å²) in [5.74, 6) is 0.743. The van der Waals surface area contributed by atoms with Crippen LogP contribution in [-0.2, 0) is 6.61 Å². The normalized spacial score (nSPS) is 11.1. The van der Waals surface area contributed by atoms with Gasteiger partial charge in [0.2, 0.25) is 0 Å². The van der Waals surface area contributed by atoms with Crippen molar-refractivity contribution in [2.45, 2.75) is 6.61 Å². The van der Waals surface area contributed by atoms with E-state index in [4.69, 9.17) is 21.1 Å². The smallest absolute Gasteiger partial charge is 0.162 e. The Balaban J connectivity index is 1.90. The summed E-state index contributed by atoms with van der Waals surface area (Å²) in [5.41, 5.74) is 2.66. The average molecular weight is 473 g/mol. The van der Waals surface area contributed by atoms with Crippen molar-refractivity contribution in [3.63, 3.8) is 0 Å². The molecule has 0 heterocycles. The minimum Gasteiger partial charge on any atom is -0.493 e. The monoisotopic (exact) mass is 471 g/mol. The zero-order valence-electron chi connectivity index (χ0n) is 15.5. The Morgan fingerprint density at radius 2 is 1.86 bits per heavy atom. The lowest BCUT2D eigenvalue weighted by Crippen LogP contribution is -1.98. The summed E-state index contributed by atoms with van der Waals surface area (Å²) in [6, 6.07) is 19.0. The third kappa shape index (κ3) is 5.17. The molecule has 0 amide bonds. The first kappa shape index (κ1) is 20.9. The van der Waals surface area contributed by atoms with Gasteiger partial charge >= 0.3 is 0 Å². The van der Waals surface area contributed by atoms with Crippen molar-refractivity contribution in [2.24, 2.45) is 0 Å². The van der Waals surface area contributed by atoms with Crippen LogP contribution in [0.4, 0.5) is 4.39 Å². The molecule has 0 N–H and O–H groups in total. The zero-order valence-corrected chi connectivity index (χ0v) is 17.8. The quantitative estimate of drug-likeness (QED) is 0.290. The number of ether oxygens (including phenoxy) is 2.